The van der Waals surface area contributed by atoms with Gasteiger partial charge in [0.1, 0.15) is 0 Å². The second kappa shape index (κ2) is 6.11. The number of piperidine rings is 1. The van der Waals surface area contributed by atoms with Gasteiger partial charge in [-0.2, -0.15) is 0 Å². The maximum absolute atomic E-state index is 11.5. The van der Waals surface area contributed by atoms with E-state index in [0.717, 1.165) is 25.3 Å². The number of rotatable bonds is 4. The Morgan fingerprint density at radius 2 is 2.00 bits per heavy atom. The summed E-state index contributed by atoms with van der Waals surface area (Å²) in [7, 11) is -1.51. The third-order valence-electron chi connectivity index (χ3n) is 3.93. The molecular formula is C14H23N3O2S. The molecule has 0 aliphatic carbocycles. The second-order valence-corrected chi connectivity index (χ2v) is 7.18. The molecule has 1 saturated heterocycles. The zero-order valence-electron chi connectivity index (χ0n) is 12.1. The predicted molar refractivity (Wildman–Crippen MR) is 81.3 cm³/mol. The summed E-state index contributed by atoms with van der Waals surface area (Å²) in [6.07, 6.45) is 2.36. The minimum atomic E-state index is -3.65. The molecule has 0 unspecified atom stereocenters. The molecular weight excluding hydrogens is 274 g/mol. The van der Waals surface area contributed by atoms with Crippen molar-refractivity contribution in [3.63, 3.8) is 0 Å². The van der Waals surface area contributed by atoms with Crippen molar-refractivity contribution >= 4 is 15.7 Å². The first kappa shape index (κ1) is 15.3. The van der Waals surface area contributed by atoms with E-state index >= 15 is 0 Å². The van der Waals surface area contributed by atoms with Crippen molar-refractivity contribution in [2.75, 3.05) is 32.0 Å². The monoisotopic (exact) mass is 297 g/mol. The van der Waals surface area contributed by atoms with Crippen LogP contribution < -0.4 is 10.5 Å². The average Bonchev–Trinajstić information content (AvgIpc) is 2.38. The number of nitrogens with one attached hydrogen (secondary N) is 1. The minimum Gasteiger partial charge on any atom is -0.385 e. The highest BCUT2D eigenvalue weighted by atomic mass is 32.2. The lowest BCUT2D eigenvalue weighted by atomic mass is 9.97. The molecule has 0 saturated carbocycles. The third-order valence-corrected chi connectivity index (χ3v) is 4.98. The van der Waals surface area contributed by atoms with Gasteiger partial charge in [0.05, 0.1) is 4.90 Å². The molecule has 1 heterocycles. The number of sulfonamides is 1. The summed E-state index contributed by atoms with van der Waals surface area (Å²) >= 11 is 0. The van der Waals surface area contributed by atoms with Crippen LogP contribution in [0.15, 0.2) is 23.1 Å². The van der Waals surface area contributed by atoms with E-state index < -0.39 is 10.0 Å². The first-order valence-corrected chi connectivity index (χ1v) is 8.47. The van der Waals surface area contributed by atoms with Crippen molar-refractivity contribution in [2.45, 2.75) is 24.7 Å². The summed E-state index contributed by atoms with van der Waals surface area (Å²) in [5.74, 6) is 0.644. The largest absolute Gasteiger partial charge is 0.385 e. The van der Waals surface area contributed by atoms with Gasteiger partial charge in [0, 0.05) is 12.2 Å². The van der Waals surface area contributed by atoms with Gasteiger partial charge in [0.25, 0.3) is 0 Å². The fraction of sp³-hybridized carbons (Fsp3) is 0.571. The van der Waals surface area contributed by atoms with Crippen LogP contribution in [0, 0.1) is 12.8 Å². The zero-order valence-corrected chi connectivity index (χ0v) is 12.9. The van der Waals surface area contributed by atoms with Crippen LogP contribution in [-0.2, 0) is 10.0 Å². The molecule has 1 aromatic rings. The summed E-state index contributed by atoms with van der Waals surface area (Å²) in [4.78, 5) is 2.53. The van der Waals surface area contributed by atoms with Gasteiger partial charge in [-0.05, 0) is 63.5 Å². The molecule has 0 atom stereocenters. The first-order valence-electron chi connectivity index (χ1n) is 6.92. The van der Waals surface area contributed by atoms with E-state index in [9.17, 15) is 8.42 Å². The molecule has 0 aromatic heterocycles. The summed E-state index contributed by atoms with van der Waals surface area (Å²) in [6, 6.07) is 5.31. The van der Waals surface area contributed by atoms with Gasteiger partial charge in [-0.25, -0.2) is 13.6 Å². The lowest BCUT2D eigenvalue weighted by Gasteiger charge is -2.29. The van der Waals surface area contributed by atoms with Crippen LogP contribution in [0.2, 0.25) is 0 Å². The number of hydrogen-bond acceptors (Lipinski definition) is 4. The highest BCUT2D eigenvalue weighted by Gasteiger charge is 2.17. The van der Waals surface area contributed by atoms with Crippen molar-refractivity contribution in [1.29, 1.82) is 0 Å². The van der Waals surface area contributed by atoms with Crippen molar-refractivity contribution < 1.29 is 8.42 Å². The highest BCUT2D eigenvalue weighted by molar-refractivity contribution is 7.89. The molecule has 1 fully saturated rings. The van der Waals surface area contributed by atoms with Crippen molar-refractivity contribution in [3.8, 4) is 0 Å². The number of likely N-dealkylation sites (tertiary alicyclic amines) is 1. The summed E-state index contributed by atoms with van der Waals surface area (Å²) in [5, 5.41) is 8.55. The van der Waals surface area contributed by atoms with Crippen LogP contribution in [-0.4, -0.2) is 40.0 Å². The molecule has 0 radical (unpaired) electrons. The van der Waals surface area contributed by atoms with Gasteiger partial charge >= 0.3 is 0 Å². The van der Waals surface area contributed by atoms with Gasteiger partial charge in [-0.3, -0.25) is 0 Å². The number of nitrogens with zero attached hydrogens (tertiary/aromatic N) is 1. The molecule has 2 rings (SSSR count). The topological polar surface area (TPSA) is 75.4 Å². The number of primary sulfonamides is 1. The molecule has 1 aliphatic heterocycles. The Morgan fingerprint density at radius 1 is 1.35 bits per heavy atom. The molecule has 6 heteroatoms. The smallest absolute Gasteiger partial charge is 0.238 e. The summed E-state index contributed by atoms with van der Waals surface area (Å²) in [6.45, 7) is 4.88. The first-order chi connectivity index (χ1) is 9.36. The molecule has 1 aliphatic rings. The molecule has 0 bridgehead atoms. The normalized spacial score (nSPS) is 18.1. The van der Waals surface area contributed by atoms with Crippen LogP contribution in [0.1, 0.15) is 18.4 Å². The van der Waals surface area contributed by atoms with Gasteiger partial charge in [0.15, 0.2) is 0 Å². The van der Waals surface area contributed by atoms with Gasteiger partial charge in [-0.15, -0.1) is 0 Å². The molecule has 5 nitrogen and oxygen atoms in total. The summed E-state index contributed by atoms with van der Waals surface area (Å²) in [5.41, 5.74) is 1.50. The van der Waals surface area contributed by atoms with Crippen LogP contribution >= 0.6 is 0 Å². The van der Waals surface area contributed by atoms with E-state index in [4.69, 9.17) is 5.14 Å². The minimum absolute atomic E-state index is 0.200. The number of aryl methyl sites for hydroxylation is 1. The highest BCUT2D eigenvalue weighted by Crippen LogP contribution is 2.21. The molecule has 1 aromatic carbocycles. The predicted octanol–water partition coefficient (Wildman–Crippen LogP) is 1.40. The van der Waals surface area contributed by atoms with Crippen LogP contribution in [0.25, 0.3) is 0 Å². The van der Waals surface area contributed by atoms with Crippen molar-refractivity contribution in [1.82, 2.24) is 4.90 Å². The van der Waals surface area contributed by atoms with Crippen LogP contribution in [0.3, 0.4) is 0 Å². The van der Waals surface area contributed by atoms with E-state index in [1.165, 1.54) is 12.8 Å². The third kappa shape index (κ3) is 3.94. The fourth-order valence-corrected chi connectivity index (χ4v) is 3.35. The Bertz CT molecular complexity index is 564. The van der Waals surface area contributed by atoms with E-state index in [1.54, 1.807) is 19.1 Å². The molecule has 0 spiro atoms. The summed E-state index contributed by atoms with van der Waals surface area (Å²) < 4.78 is 23.0. The maximum atomic E-state index is 11.5. The molecule has 112 valence electrons. The Kier molecular flexibility index (Phi) is 4.67. The Hall–Kier alpha value is -1.11. The van der Waals surface area contributed by atoms with E-state index in [0.29, 0.717) is 11.5 Å². The second-order valence-electron chi connectivity index (χ2n) is 5.65. The fourth-order valence-electron chi connectivity index (χ4n) is 2.54. The number of anilines is 1. The van der Waals surface area contributed by atoms with E-state index in [-0.39, 0.29) is 4.90 Å². The van der Waals surface area contributed by atoms with Gasteiger partial charge in [0.2, 0.25) is 10.0 Å². The van der Waals surface area contributed by atoms with Crippen molar-refractivity contribution in [2.24, 2.45) is 11.1 Å². The average molecular weight is 297 g/mol. The standard InChI is InChI=1S/C14H23N3O2S/c1-11-3-4-13(9-14(11)20(15,18)19)16-10-12-5-7-17(2)8-6-12/h3-4,9,12,16H,5-8,10H2,1-2H3,(H2,15,18,19). The van der Waals surface area contributed by atoms with E-state index in [1.807, 2.05) is 6.07 Å². The Morgan fingerprint density at radius 3 is 2.60 bits per heavy atom. The number of benzene rings is 1. The Balaban J connectivity index is 2.00. The lowest BCUT2D eigenvalue weighted by molar-refractivity contribution is 0.226. The zero-order chi connectivity index (χ0) is 14.8. The van der Waals surface area contributed by atoms with Crippen LogP contribution in [0.5, 0.6) is 0 Å². The number of hydrogen-bond donors (Lipinski definition) is 2. The van der Waals surface area contributed by atoms with Gasteiger partial charge in [-0.1, -0.05) is 6.07 Å². The SMILES string of the molecule is Cc1ccc(NCC2CCN(C)CC2)cc1S(N)(=O)=O. The van der Waals surface area contributed by atoms with Gasteiger partial charge < -0.3 is 10.2 Å². The quantitative estimate of drug-likeness (QED) is 0.881. The number of nitrogens with two attached hydrogens (primary N) is 1. The molecule has 20 heavy (non-hydrogen) atoms. The lowest BCUT2D eigenvalue weighted by Crippen LogP contribution is -2.32. The van der Waals surface area contributed by atoms with Crippen LogP contribution in [0.4, 0.5) is 5.69 Å². The Labute approximate surface area is 121 Å². The molecule has 3 N–H and O–H groups in total. The van der Waals surface area contributed by atoms with E-state index in [2.05, 4.69) is 17.3 Å². The van der Waals surface area contributed by atoms with Crippen molar-refractivity contribution in [3.05, 3.63) is 23.8 Å². The molecule has 0 amide bonds. The maximum Gasteiger partial charge on any atom is 0.238 e.